The van der Waals surface area contributed by atoms with Crippen molar-refractivity contribution in [2.24, 2.45) is 0 Å². The highest BCUT2D eigenvalue weighted by Gasteiger charge is 2.12. The van der Waals surface area contributed by atoms with Crippen LogP contribution >= 0.6 is 31.9 Å². The number of amides is 1. The monoisotopic (exact) mass is 368 g/mol. The lowest BCUT2D eigenvalue weighted by atomic mass is 10.1. The number of aromatic nitrogens is 1. The molecule has 0 radical (unpaired) electrons. The Labute approximate surface area is 122 Å². The number of hydrogen-bond donors (Lipinski definition) is 1. The first kappa shape index (κ1) is 13.2. The van der Waals surface area contributed by atoms with Crippen molar-refractivity contribution in [1.29, 1.82) is 0 Å². The van der Waals surface area contributed by atoms with Crippen LogP contribution in [0.4, 0.5) is 5.69 Å². The van der Waals surface area contributed by atoms with Gasteiger partial charge in [0, 0.05) is 16.9 Å². The van der Waals surface area contributed by atoms with Crippen LogP contribution in [0.2, 0.25) is 0 Å². The van der Waals surface area contributed by atoms with E-state index in [1.165, 1.54) is 0 Å². The maximum atomic E-state index is 12.2. The molecule has 1 aromatic heterocycles. The number of aryl methyl sites for hydroxylation is 1. The summed E-state index contributed by atoms with van der Waals surface area (Å²) in [6.07, 6.45) is 3.27. The fourth-order valence-electron chi connectivity index (χ4n) is 1.49. The molecule has 18 heavy (non-hydrogen) atoms. The van der Waals surface area contributed by atoms with Crippen LogP contribution in [0.1, 0.15) is 15.9 Å². The molecule has 92 valence electrons. The Morgan fingerprint density at radius 3 is 2.78 bits per heavy atom. The van der Waals surface area contributed by atoms with Crippen LogP contribution in [0.25, 0.3) is 0 Å². The zero-order chi connectivity index (χ0) is 13.1. The van der Waals surface area contributed by atoms with Gasteiger partial charge in [-0.2, -0.15) is 0 Å². The third kappa shape index (κ3) is 2.79. The molecule has 5 heteroatoms. The maximum absolute atomic E-state index is 12.2. The van der Waals surface area contributed by atoms with Gasteiger partial charge in [0.1, 0.15) is 0 Å². The van der Waals surface area contributed by atoms with Gasteiger partial charge in [-0.05, 0) is 56.5 Å². The lowest BCUT2D eigenvalue weighted by Crippen LogP contribution is -2.13. The molecular weight excluding hydrogens is 360 g/mol. The third-order valence-corrected chi connectivity index (χ3v) is 4.14. The first-order valence-corrected chi connectivity index (χ1v) is 6.84. The number of carbonyl (C=O) groups is 1. The molecule has 0 aliphatic heterocycles. The molecule has 0 atom stereocenters. The second kappa shape index (κ2) is 5.63. The number of benzene rings is 1. The average Bonchev–Trinajstić information content (AvgIpc) is 2.35. The fourth-order valence-corrected chi connectivity index (χ4v) is 2.28. The minimum atomic E-state index is -0.155. The lowest BCUT2D eigenvalue weighted by molar-refractivity contribution is 0.102. The molecule has 0 unspecified atom stereocenters. The van der Waals surface area contributed by atoms with Gasteiger partial charge in [-0.3, -0.25) is 9.78 Å². The smallest absolute Gasteiger partial charge is 0.256 e. The van der Waals surface area contributed by atoms with Gasteiger partial charge < -0.3 is 5.32 Å². The van der Waals surface area contributed by atoms with Crippen molar-refractivity contribution in [2.75, 3.05) is 5.32 Å². The summed E-state index contributed by atoms with van der Waals surface area (Å²) in [5.74, 6) is -0.155. The number of nitrogens with one attached hydrogen (secondary N) is 1. The van der Waals surface area contributed by atoms with Gasteiger partial charge in [0.15, 0.2) is 0 Å². The summed E-state index contributed by atoms with van der Waals surface area (Å²) in [7, 11) is 0. The molecule has 1 amide bonds. The molecule has 3 nitrogen and oxygen atoms in total. The van der Waals surface area contributed by atoms with E-state index in [1.807, 2.05) is 19.1 Å². The molecule has 0 saturated heterocycles. The average molecular weight is 370 g/mol. The van der Waals surface area contributed by atoms with E-state index in [0.29, 0.717) is 11.3 Å². The lowest BCUT2D eigenvalue weighted by Gasteiger charge is -2.09. The highest BCUT2D eigenvalue weighted by molar-refractivity contribution is 9.11. The number of nitrogens with zero attached hydrogens (tertiary/aromatic N) is 1. The Bertz CT molecular complexity index is 599. The molecule has 1 aromatic carbocycles. The zero-order valence-electron chi connectivity index (χ0n) is 9.58. The quantitative estimate of drug-likeness (QED) is 0.863. The summed E-state index contributed by atoms with van der Waals surface area (Å²) in [6.45, 7) is 1.95. The van der Waals surface area contributed by atoms with Crippen LogP contribution in [0.5, 0.6) is 0 Å². The van der Waals surface area contributed by atoms with Gasteiger partial charge in [0.25, 0.3) is 5.91 Å². The minimum Gasteiger partial charge on any atom is -0.321 e. The second-order valence-electron chi connectivity index (χ2n) is 3.75. The van der Waals surface area contributed by atoms with E-state index in [1.54, 1.807) is 24.5 Å². The van der Waals surface area contributed by atoms with E-state index in [9.17, 15) is 4.79 Å². The molecule has 0 spiro atoms. The van der Waals surface area contributed by atoms with Crippen LogP contribution in [-0.4, -0.2) is 10.9 Å². The van der Waals surface area contributed by atoms with Crippen LogP contribution in [0.15, 0.2) is 45.6 Å². The van der Waals surface area contributed by atoms with Crippen molar-refractivity contribution in [2.45, 2.75) is 6.92 Å². The number of carbonyl (C=O) groups excluding carboxylic acids is 1. The summed E-state index contributed by atoms with van der Waals surface area (Å²) >= 11 is 6.77. The molecule has 0 saturated carbocycles. The second-order valence-corrected chi connectivity index (χ2v) is 5.39. The Kier molecular flexibility index (Phi) is 4.14. The highest BCUT2D eigenvalue weighted by Crippen LogP contribution is 2.24. The molecule has 1 N–H and O–H groups in total. The van der Waals surface area contributed by atoms with Gasteiger partial charge in [0.2, 0.25) is 0 Å². The summed E-state index contributed by atoms with van der Waals surface area (Å²) in [5.41, 5.74) is 2.33. The van der Waals surface area contributed by atoms with E-state index < -0.39 is 0 Å². The molecule has 0 fully saturated rings. The van der Waals surface area contributed by atoms with Crippen molar-refractivity contribution >= 4 is 43.5 Å². The van der Waals surface area contributed by atoms with E-state index in [2.05, 4.69) is 42.2 Å². The largest absolute Gasteiger partial charge is 0.321 e. The van der Waals surface area contributed by atoms with Gasteiger partial charge in [-0.15, -0.1) is 0 Å². The van der Waals surface area contributed by atoms with Gasteiger partial charge in [-0.1, -0.05) is 12.1 Å². The van der Waals surface area contributed by atoms with Gasteiger partial charge in [0.05, 0.1) is 15.7 Å². The summed E-state index contributed by atoms with van der Waals surface area (Å²) in [4.78, 5) is 16.1. The predicted molar refractivity (Wildman–Crippen MR) is 78.8 cm³/mol. The predicted octanol–water partition coefficient (Wildman–Crippen LogP) is 4.17. The Balaban J connectivity index is 2.28. The number of halogens is 2. The number of pyridine rings is 1. The fraction of sp³-hybridized carbons (Fsp3) is 0.0769. The Morgan fingerprint density at radius 1 is 1.28 bits per heavy atom. The first-order valence-electron chi connectivity index (χ1n) is 5.25. The van der Waals surface area contributed by atoms with Crippen molar-refractivity contribution in [3.05, 3.63) is 56.7 Å². The molecule has 2 rings (SSSR count). The van der Waals surface area contributed by atoms with E-state index in [-0.39, 0.29) is 5.91 Å². The summed E-state index contributed by atoms with van der Waals surface area (Å²) in [5, 5.41) is 2.84. The van der Waals surface area contributed by atoms with Crippen molar-refractivity contribution in [3.8, 4) is 0 Å². The standard InChI is InChI=1S/C13H10Br2N2O/c1-8-3-2-4-9(12(8)15)13(18)17-11-5-6-16-7-10(11)14/h2-7H,1H3,(H,16,17,18). The van der Waals surface area contributed by atoms with E-state index >= 15 is 0 Å². The van der Waals surface area contributed by atoms with Gasteiger partial charge in [-0.25, -0.2) is 0 Å². The van der Waals surface area contributed by atoms with Crippen LogP contribution in [-0.2, 0) is 0 Å². The van der Waals surface area contributed by atoms with Crippen molar-refractivity contribution in [3.63, 3.8) is 0 Å². The normalized spacial score (nSPS) is 10.2. The number of rotatable bonds is 2. The Morgan fingerprint density at radius 2 is 2.06 bits per heavy atom. The molecular formula is C13H10Br2N2O. The minimum absolute atomic E-state index is 0.155. The topological polar surface area (TPSA) is 42.0 Å². The SMILES string of the molecule is Cc1cccc(C(=O)Nc2ccncc2Br)c1Br. The van der Waals surface area contributed by atoms with Crippen LogP contribution in [0, 0.1) is 6.92 Å². The highest BCUT2D eigenvalue weighted by atomic mass is 79.9. The number of anilines is 1. The summed E-state index contributed by atoms with van der Waals surface area (Å²) in [6, 6.07) is 7.33. The molecule has 0 aliphatic carbocycles. The third-order valence-electron chi connectivity index (χ3n) is 2.46. The van der Waals surface area contributed by atoms with Crippen LogP contribution in [0.3, 0.4) is 0 Å². The Hall–Kier alpha value is -1.20. The first-order chi connectivity index (χ1) is 8.59. The van der Waals surface area contributed by atoms with E-state index in [4.69, 9.17) is 0 Å². The number of hydrogen-bond acceptors (Lipinski definition) is 2. The maximum Gasteiger partial charge on any atom is 0.256 e. The van der Waals surface area contributed by atoms with Crippen LogP contribution < -0.4 is 5.32 Å². The van der Waals surface area contributed by atoms with Gasteiger partial charge >= 0.3 is 0 Å². The summed E-state index contributed by atoms with van der Waals surface area (Å²) < 4.78 is 1.56. The molecule has 1 heterocycles. The van der Waals surface area contributed by atoms with Crippen molar-refractivity contribution < 1.29 is 4.79 Å². The molecule has 0 aliphatic rings. The molecule has 0 bridgehead atoms. The zero-order valence-corrected chi connectivity index (χ0v) is 12.7. The van der Waals surface area contributed by atoms with E-state index in [0.717, 1.165) is 14.5 Å². The molecule has 2 aromatic rings. The van der Waals surface area contributed by atoms with Crippen molar-refractivity contribution in [1.82, 2.24) is 4.98 Å².